The Morgan fingerprint density at radius 3 is 2.64 bits per heavy atom. The van der Waals surface area contributed by atoms with Gasteiger partial charge in [-0.2, -0.15) is 0 Å². The van der Waals surface area contributed by atoms with Gasteiger partial charge in [0.1, 0.15) is 0 Å². The second kappa shape index (κ2) is 7.39. The van der Waals surface area contributed by atoms with Crippen LogP contribution in [-0.4, -0.2) is 14.2 Å². The van der Waals surface area contributed by atoms with Crippen molar-refractivity contribution in [1.29, 1.82) is 0 Å². The average Bonchev–Trinajstić information content (AvgIpc) is 3.26. The van der Waals surface area contributed by atoms with E-state index >= 15 is 0 Å². The van der Waals surface area contributed by atoms with Crippen molar-refractivity contribution in [2.75, 3.05) is 0 Å². The van der Waals surface area contributed by atoms with Gasteiger partial charge in [0.05, 0.1) is 14.6 Å². The molecule has 0 fully saturated rings. The fourth-order valence-electron chi connectivity index (χ4n) is 2.11. The Morgan fingerprint density at radius 1 is 1.16 bits per heavy atom. The first-order valence-corrected chi connectivity index (χ1v) is 10.9. The standard InChI is InChI=1S/C17H14ClNO3S3/c1-11-4-6-13(9-14(11)18)25(21,22)19-10-12-5-7-16(24-12)17(20)15-3-2-8-23-15/h2-9,19H,10H2,1H3. The van der Waals surface area contributed by atoms with Gasteiger partial charge in [-0.15, -0.1) is 22.7 Å². The van der Waals surface area contributed by atoms with Crippen LogP contribution >= 0.6 is 34.3 Å². The van der Waals surface area contributed by atoms with Crippen LogP contribution in [0.1, 0.15) is 25.0 Å². The monoisotopic (exact) mass is 411 g/mol. The quantitative estimate of drug-likeness (QED) is 0.608. The van der Waals surface area contributed by atoms with Crippen LogP contribution in [0, 0.1) is 6.92 Å². The second-order valence-corrected chi connectivity index (χ2v) is 9.60. The highest BCUT2D eigenvalue weighted by molar-refractivity contribution is 7.89. The minimum Gasteiger partial charge on any atom is -0.287 e. The number of carbonyl (C=O) groups excluding carboxylic acids is 1. The molecule has 1 N–H and O–H groups in total. The molecule has 8 heteroatoms. The maximum absolute atomic E-state index is 12.4. The van der Waals surface area contributed by atoms with Crippen LogP contribution in [0.3, 0.4) is 0 Å². The van der Waals surface area contributed by atoms with Gasteiger partial charge in [-0.3, -0.25) is 4.79 Å². The molecule has 0 aliphatic rings. The summed E-state index contributed by atoms with van der Waals surface area (Å²) in [5, 5.41) is 2.26. The lowest BCUT2D eigenvalue weighted by Crippen LogP contribution is -2.22. The average molecular weight is 412 g/mol. The molecule has 0 unspecified atom stereocenters. The number of carbonyl (C=O) groups is 1. The summed E-state index contributed by atoms with van der Waals surface area (Å²) in [4.78, 5) is 14.4. The van der Waals surface area contributed by atoms with Crippen LogP contribution in [0.15, 0.2) is 52.7 Å². The first-order chi connectivity index (χ1) is 11.9. The van der Waals surface area contributed by atoms with Crippen molar-refractivity contribution in [3.05, 3.63) is 73.1 Å². The Morgan fingerprint density at radius 2 is 1.96 bits per heavy atom. The van der Waals surface area contributed by atoms with E-state index in [0.29, 0.717) is 14.8 Å². The number of halogens is 1. The summed E-state index contributed by atoms with van der Waals surface area (Å²) in [6, 6.07) is 11.7. The first kappa shape index (κ1) is 18.3. The molecular formula is C17H14ClNO3S3. The van der Waals surface area contributed by atoms with Crippen molar-refractivity contribution in [3.63, 3.8) is 0 Å². The minimum atomic E-state index is -3.66. The lowest BCUT2D eigenvalue weighted by atomic mass is 10.2. The molecule has 2 aromatic heterocycles. The van der Waals surface area contributed by atoms with E-state index < -0.39 is 10.0 Å². The Bertz CT molecular complexity index is 1010. The van der Waals surface area contributed by atoms with Gasteiger partial charge in [0, 0.05) is 16.4 Å². The zero-order valence-corrected chi connectivity index (χ0v) is 16.4. The topological polar surface area (TPSA) is 63.2 Å². The van der Waals surface area contributed by atoms with Gasteiger partial charge in [0.25, 0.3) is 0 Å². The number of benzene rings is 1. The molecule has 0 atom stereocenters. The molecular weight excluding hydrogens is 398 g/mol. The van der Waals surface area contributed by atoms with Gasteiger partial charge in [0.15, 0.2) is 0 Å². The van der Waals surface area contributed by atoms with Crippen molar-refractivity contribution >= 4 is 50.1 Å². The van der Waals surface area contributed by atoms with Crippen LogP contribution in [0.25, 0.3) is 0 Å². The van der Waals surface area contributed by atoms with E-state index in [0.717, 1.165) is 10.4 Å². The number of sulfonamides is 1. The number of aryl methyl sites for hydroxylation is 1. The summed E-state index contributed by atoms with van der Waals surface area (Å²) >= 11 is 8.67. The maximum atomic E-state index is 12.4. The fraction of sp³-hybridized carbons (Fsp3) is 0.118. The van der Waals surface area contributed by atoms with Gasteiger partial charge in [0.2, 0.25) is 15.8 Å². The largest absolute Gasteiger partial charge is 0.287 e. The van der Waals surface area contributed by atoms with Crippen LogP contribution < -0.4 is 4.72 Å². The summed E-state index contributed by atoms with van der Waals surface area (Å²) in [7, 11) is -3.66. The minimum absolute atomic E-state index is 0.0422. The van der Waals surface area contributed by atoms with E-state index in [9.17, 15) is 13.2 Å². The van der Waals surface area contributed by atoms with Crippen molar-refractivity contribution in [2.45, 2.75) is 18.4 Å². The molecule has 0 amide bonds. The normalized spacial score (nSPS) is 11.6. The van der Waals surface area contributed by atoms with Crippen molar-refractivity contribution in [2.24, 2.45) is 0 Å². The summed E-state index contributed by atoms with van der Waals surface area (Å²) < 4.78 is 27.3. The van der Waals surface area contributed by atoms with E-state index in [1.165, 1.54) is 34.8 Å². The lowest BCUT2D eigenvalue weighted by molar-refractivity contribution is 0.104. The number of thiophene rings is 2. The molecule has 0 saturated carbocycles. The Kier molecular flexibility index (Phi) is 5.41. The highest BCUT2D eigenvalue weighted by Gasteiger charge is 2.17. The molecule has 3 rings (SSSR count). The van der Waals surface area contributed by atoms with E-state index in [-0.39, 0.29) is 17.2 Å². The molecule has 0 bridgehead atoms. The highest BCUT2D eigenvalue weighted by Crippen LogP contribution is 2.23. The number of ketones is 1. The van der Waals surface area contributed by atoms with Gasteiger partial charge >= 0.3 is 0 Å². The van der Waals surface area contributed by atoms with Gasteiger partial charge in [-0.05, 0) is 48.2 Å². The van der Waals surface area contributed by atoms with Crippen LogP contribution in [0.4, 0.5) is 0 Å². The molecule has 25 heavy (non-hydrogen) atoms. The number of hydrogen-bond acceptors (Lipinski definition) is 5. The summed E-state index contributed by atoms with van der Waals surface area (Å²) in [5.41, 5.74) is 0.815. The molecule has 1 aromatic carbocycles. The smallest absolute Gasteiger partial charge is 0.240 e. The van der Waals surface area contributed by atoms with Gasteiger partial charge < -0.3 is 0 Å². The van der Waals surface area contributed by atoms with Gasteiger partial charge in [-0.25, -0.2) is 13.1 Å². The van der Waals surface area contributed by atoms with E-state index in [1.54, 1.807) is 24.3 Å². The zero-order chi connectivity index (χ0) is 18.0. The third kappa shape index (κ3) is 4.19. The molecule has 130 valence electrons. The Labute approximate surface area is 159 Å². The predicted octanol–water partition coefficient (Wildman–Crippen LogP) is 4.48. The van der Waals surface area contributed by atoms with Crippen molar-refractivity contribution in [1.82, 2.24) is 4.72 Å². The fourth-order valence-corrected chi connectivity index (χ4v) is 5.13. The molecule has 3 aromatic rings. The highest BCUT2D eigenvalue weighted by atomic mass is 35.5. The molecule has 2 heterocycles. The molecule has 0 radical (unpaired) electrons. The van der Waals surface area contributed by atoms with Crippen LogP contribution in [0.2, 0.25) is 5.02 Å². The van der Waals surface area contributed by atoms with E-state index in [4.69, 9.17) is 11.6 Å². The van der Waals surface area contributed by atoms with Crippen molar-refractivity contribution < 1.29 is 13.2 Å². The predicted molar refractivity (Wildman–Crippen MR) is 102 cm³/mol. The second-order valence-electron chi connectivity index (χ2n) is 5.31. The number of hydrogen-bond donors (Lipinski definition) is 1. The molecule has 0 spiro atoms. The third-order valence-electron chi connectivity index (χ3n) is 3.52. The third-order valence-corrected chi connectivity index (χ3v) is 7.28. The van der Waals surface area contributed by atoms with Crippen molar-refractivity contribution in [3.8, 4) is 0 Å². The molecule has 0 aliphatic carbocycles. The van der Waals surface area contributed by atoms with Crippen LogP contribution in [0.5, 0.6) is 0 Å². The number of rotatable bonds is 6. The first-order valence-electron chi connectivity index (χ1n) is 7.29. The number of nitrogens with one attached hydrogen (secondary N) is 1. The molecule has 0 aliphatic heterocycles. The summed E-state index contributed by atoms with van der Waals surface area (Å²) in [6.45, 7) is 1.93. The zero-order valence-electron chi connectivity index (χ0n) is 13.2. The SMILES string of the molecule is Cc1ccc(S(=O)(=O)NCc2ccc(C(=O)c3cccs3)s2)cc1Cl. The van der Waals surface area contributed by atoms with Crippen LogP contribution in [-0.2, 0) is 16.6 Å². The molecule has 0 saturated heterocycles. The van der Waals surface area contributed by atoms with Gasteiger partial charge in [-0.1, -0.05) is 23.7 Å². The Hall–Kier alpha value is -1.51. The van der Waals surface area contributed by atoms with E-state index in [2.05, 4.69) is 4.72 Å². The Balaban J connectivity index is 1.71. The summed E-state index contributed by atoms with van der Waals surface area (Å²) in [6.07, 6.45) is 0. The lowest BCUT2D eigenvalue weighted by Gasteiger charge is -2.07. The van der Waals surface area contributed by atoms with E-state index in [1.807, 2.05) is 18.4 Å². The summed E-state index contributed by atoms with van der Waals surface area (Å²) in [5.74, 6) is -0.0422. The maximum Gasteiger partial charge on any atom is 0.240 e. The molecule has 4 nitrogen and oxygen atoms in total.